The van der Waals surface area contributed by atoms with Crippen LogP contribution in [0, 0.1) is 12.8 Å². The number of sulfone groups is 1. The predicted molar refractivity (Wildman–Crippen MR) is 92.9 cm³/mol. The van der Waals surface area contributed by atoms with Gasteiger partial charge in [0.25, 0.3) is 0 Å². The van der Waals surface area contributed by atoms with Crippen LogP contribution in [0.15, 0.2) is 35.7 Å². The maximum Gasteiger partial charge on any atom is 0.222 e. The number of benzene rings is 1. The van der Waals surface area contributed by atoms with Crippen LogP contribution in [-0.2, 0) is 20.0 Å². The number of carbonyl (C=O) groups is 1. The summed E-state index contributed by atoms with van der Waals surface area (Å²) in [5, 5.41) is 1.22. The van der Waals surface area contributed by atoms with Gasteiger partial charge in [0.05, 0.1) is 5.75 Å². The quantitative estimate of drug-likeness (QED) is 0.831. The largest absolute Gasteiger partial charge is 0.345 e. The van der Waals surface area contributed by atoms with Gasteiger partial charge in [-0.15, -0.1) is 0 Å². The van der Waals surface area contributed by atoms with Crippen LogP contribution in [0.25, 0.3) is 0 Å². The Hall–Kier alpha value is -1.62. The Bertz CT molecular complexity index is 702. The highest BCUT2D eigenvalue weighted by atomic mass is 32.2. The monoisotopic (exact) mass is 335 g/mol. The van der Waals surface area contributed by atoms with Crippen LogP contribution in [0.4, 0.5) is 0 Å². The third-order valence-electron chi connectivity index (χ3n) is 4.33. The van der Waals surface area contributed by atoms with Crippen molar-refractivity contribution < 1.29 is 13.2 Å². The van der Waals surface area contributed by atoms with Crippen molar-refractivity contribution in [3.8, 4) is 0 Å². The number of hydrogen-bond acceptors (Lipinski definition) is 3. The van der Waals surface area contributed by atoms with E-state index in [1.54, 1.807) is 18.0 Å². The number of allylic oxidation sites excluding steroid dienone is 1. The summed E-state index contributed by atoms with van der Waals surface area (Å²) in [6, 6.07) is 8.35. The topological polar surface area (TPSA) is 54.5 Å². The number of likely N-dealkylation sites (N-methyl/N-ethyl adjacent to an activating group) is 1. The Morgan fingerprint density at radius 2 is 1.87 bits per heavy atom. The van der Waals surface area contributed by atoms with E-state index in [2.05, 4.69) is 45.0 Å². The molecule has 1 amide bonds. The van der Waals surface area contributed by atoms with Crippen LogP contribution in [0.1, 0.15) is 31.4 Å². The van der Waals surface area contributed by atoms with E-state index in [1.165, 1.54) is 16.5 Å². The molecule has 1 heterocycles. The van der Waals surface area contributed by atoms with Gasteiger partial charge in [0, 0.05) is 36.8 Å². The molecular formula is C18H25NO3S. The molecule has 2 rings (SSSR count). The number of aryl methyl sites for hydroxylation is 1. The average molecular weight is 335 g/mol. The van der Waals surface area contributed by atoms with Crippen LogP contribution in [0.5, 0.6) is 0 Å². The van der Waals surface area contributed by atoms with E-state index in [9.17, 15) is 13.2 Å². The first-order chi connectivity index (χ1) is 10.6. The summed E-state index contributed by atoms with van der Waals surface area (Å²) in [6.07, 6.45) is 1.88. The van der Waals surface area contributed by atoms with Gasteiger partial charge in [-0.05, 0) is 12.5 Å². The Balaban J connectivity index is 1.97. The molecule has 1 aliphatic heterocycles. The van der Waals surface area contributed by atoms with Gasteiger partial charge >= 0.3 is 0 Å². The van der Waals surface area contributed by atoms with Crippen LogP contribution < -0.4 is 0 Å². The molecule has 4 nitrogen and oxygen atoms in total. The molecule has 0 saturated heterocycles. The minimum atomic E-state index is -3.10. The molecule has 0 aliphatic carbocycles. The van der Waals surface area contributed by atoms with Crippen LogP contribution in [-0.4, -0.2) is 38.6 Å². The summed E-state index contributed by atoms with van der Waals surface area (Å²) < 4.78 is 22.8. The molecule has 0 radical (unpaired) electrons. The fraction of sp³-hybridized carbons (Fsp3) is 0.500. The lowest BCUT2D eigenvalue weighted by molar-refractivity contribution is -0.131. The second-order valence-corrected chi connectivity index (χ2v) is 9.05. The molecule has 1 atom stereocenters. The summed E-state index contributed by atoms with van der Waals surface area (Å²) >= 11 is 0. The lowest BCUT2D eigenvalue weighted by Crippen LogP contribution is -2.39. The lowest BCUT2D eigenvalue weighted by atomic mass is 9.83. The predicted octanol–water partition coefficient (Wildman–Crippen LogP) is 2.68. The fourth-order valence-electron chi connectivity index (χ4n) is 2.92. The molecular weight excluding hydrogens is 310 g/mol. The third kappa shape index (κ3) is 4.67. The molecule has 23 heavy (non-hydrogen) atoms. The lowest BCUT2D eigenvalue weighted by Gasteiger charge is -2.31. The number of hydrogen-bond donors (Lipinski definition) is 0. The standard InChI is InChI=1S/C18H25NO3S/c1-14-5-7-16(8-6-14)18(2,3)13-19(4)17(20)11-15-9-10-23(21,22)12-15/h5-10,15H,11-13H2,1-4H3. The average Bonchev–Trinajstić information content (AvgIpc) is 2.77. The molecule has 0 saturated carbocycles. The van der Waals surface area contributed by atoms with Crippen molar-refractivity contribution in [2.45, 2.75) is 32.6 Å². The summed E-state index contributed by atoms with van der Waals surface area (Å²) in [4.78, 5) is 14.1. The molecule has 1 unspecified atom stereocenters. The second-order valence-electron chi connectivity index (χ2n) is 7.12. The number of carbonyl (C=O) groups excluding carboxylic acids is 1. The smallest absolute Gasteiger partial charge is 0.222 e. The number of amides is 1. The Morgan fingerprint density at radius 1 is 1.26 bits per heavy atom. The Kier molecular flexibility index (Phi) is 4.99. The molecule has 0 spiro atoms. The van der Waals surface area contributed by atoms with Crippen LogP contribution >= 0.6 is 0 Å². The minimum absolute atomic E-state index is 0.0167. The third-order valence-corrected chi connectivity index (χ3v) is 5.80. The molecule has 0 N–H and O–H groups in total. The van der Waals surface area contributed by atoms with Gasteiger partial charge < -0.3 is 4.90 Å². The first-order valence-corrected chi connectivity index (χ1v) is 9.53. The molecule has 0 aromatic heterocycles. The van der Waals surface area contributed by atoms with Crippen molar-refractivity contribution in [3.63, 3.8) is 0 Å². The number of rotatable bonds is 5. The summed E-state index contributed by atoms with van der Waals surface area (Å²) in [5.74, 6) is -0.164. The Morgan fingerprint density at radius 3 is 2.39 bits per heavy atom. The summed E-state index contributed by atoms with van der Waals surface area (Å²) in [6.45, 7) is 6.87. The first-order valence-electron chi connectivity index (χ1n) is 7.81. The molecule has 0 fully saturated rings. The maximum atomic E-state index is 12.4. The van der Waals surface area contributed by atoms with Crippen molar-refractivity contribution in [1.29, 1.82) is 0 Å². The van der Waals surface area contributed by atoms with Crippen molar-refractivity contribution in [2.24, 2.45) is 5.92 Å². The van der Waals surface area contributed by atoms with Crippen molar-refractivity contribution in [3.05, 3.63) is 46.9 Å². The van der Waals surface area contributed by atoms with Gasteiger partial charge in [-0.2, -0.15) is 0 Å². The highest BCUT2D eigenvalue weighted by Gasteiger charge is 2.28. The normalized spacial score (nSPS) is 19.7. The molecule has 1 aliphatic rings. The van der Waals surface area contributed by atoms with E-state index in [-0.39, 0.29) is 29.4 Å². The fourth-order valence-corrected chi connectivity index (χ4v) is 4.32. The molecule has 1 aromatic carbocycles. The zero-order valence-electron chi connectivity index (χ0n) is 14.2. The minimum Gasteiger partial charge on any atom is -0.345 e. The van der Waals surface area contributed by atoms with E-state index in [0.29, 0.717) is 6.54 Å². The summed E-state index contributed by atoms with van der Waals surface area (Å²) in [7, 11) is -1.32. The highest BCUT2D eigenvalue weighted by molar-refractivity contribution is 7.94. The van der Waals surface area contributed by atoms with Gasteiger partial charge in [-0.25, -0.2) is 8.42 Å². The zero-order chi connectivity index (χ0) is 17.3. The van der Waals surface area contributed by atoms with Gasteiger partial charge in [-0.1, -0.05) is 49.8 Å². The second kappa shape index (κ2) is 6.48. The van der Waals surface area contributed by atoms with Gasteiger partial charge in [-0.3, -0.25) is 4.79 Å². The van der Waals surface area contributed by atoms with Gasteiger partial charge in [0.2, 0.25) is 5.91 Å². The van der Waals surface area contributed by atoms with Crippen LogP contribution in [0.2, 0.25) is 0 Å². The van der Waals surface area contributed by atoms with E-state index in [0.717, 1.165) is 0 Å². The first kappa shape index (κ1) is 17.7. The molecule has 0 bridgehead atoms. The van der Waals surface area contributed by atoms with E-state index in [1.807, 2.05) is 0 Å². The zero-order valence-corrected chi connectivity index (χ0v) is 15.1. The SMILES string of the molecule is Cc1ccc(C(C)(C)CN(C)C(=O)CC2C=CS(=O)(=O)C2)cc1. The van der Waals surface area contributed by atoms with Crippen LogP contribution in [0.3, 0.4) is 0 Å². The van der Waals surface area contributed by atoms with E-state index in [4.69, 9.17) is 0 Å². The summed E-state index contributed by atoms with van der Waals surface area (Å²) in [5.41, 5.74) is 2.24. The molecule has 1 aromatic rings. The van der Waals surface area contributed by atoms with E-state index < -0.39 is 9.84 Å². The molecule has 5 heteroatoms. The Labute approximate surface area is 139 Å². The highest BCUT2D eigenvalue weighted by Crippen LogP contribution is 2.25. The maximum absolute atomic E-state index is 12.4. The molecule has 126 valence electrons. The van der Waals surface area contributed by atoms with Crippen molar-refractivity contribution >= 4 is 15.7 Å². The van der Waals surface area contributed by atoms with Gasteiger partial charge in [0.1, 0.15) is 0 Å². The van der Waals surface area contributed by atoms with E-state index >= 15 is 0 Å². The van der Waals surface area contributed by atoms with Crippen molar-refractivity contribution in [1.82, 2.24) is 4.90 Å². The van der Waals surface area contributed by atoms with Crippen molar-refractivity contribution in [2.75, 3.05) is 19.3 Å². The van der Waals surface area contributed by atoms with Gasteiger partial charge in [0.15, 0.2) is 9.84 Å². The number of nitrogens with zero attached hydrogens (tertiary/aromatic N) is 1.